The summed E-state index contributed by atoms with van der Waals surface area (Å²) in [6.07, 6.45) is 0.775. The molecule has 2 N–H and O–H groups in total. The van der Waals surface area contributed by atoms with Gasteiger partial charge in [-0.25, -0.2) is 0 Å². The van der Waals surface area contributed by atoms with Gasteiger partial charge in [-0.2, -0.15) is 0 Å². The number of carboxylic acid groups (broad SMARTS) is 1. The first-order valence-corrected chi connectivity index (χ1v) is 6.06. The molecule has 100 valence electrons. The number of aliphatic carboxylic acids is 1. The number of ether oxygens (including phenoxy) is 2. The molecule has 1 amide bonds. The lowest BCUT2D eigenvalue weighted by atomic mass is 10.1. The minimum atomic E-state index is -1.24. The van der Waals surface area contributed by atoms with Crippen LogP contribution in [0.1, 0.15) is 12.8 Å². The minimum absolute atomic E-state index is 0.388. The lowest BCUT2D eigenvalue weighted by Crippen LogP contribution is -2.31. The largest absolute Gasteiger partial charge is 0.486 e. The van der Waals surface area contributed by atoms with Gasteiger partial charge >= 0.3 is 5.97 Å². The Morgan fingerprint density at radius 3 is 2.47 bits per heavy atom. The Bertz CT molecular complexity index is 550. The molecule has 0 spiro atoms. The Labute approximate surface area is 109 Å². The molecule has 0 atom stereocenters. The summed E-state index contributed by atoms with van der Waals surface area (Å²) in [5, 5.41) is 11.7. The minimum Gasteiger partial charge on any atom is -0.486 e. The predicted molar refractivity (Wildman–Crippen MR) is 65.4 cm³/mol. The van der Waals surface area contributed by atoms with E-state index in [2.05, 4.69) is 5.32 Å². The van der Waals surface area contributed by atoms with Crippen molar-refractivity contribution in [2.45, 2.75) is 12.8 Å². The number of rotatable bonds is 3. The molecule has 1 fully saturated rings. The van der Waals surface area contributed by atoms with Crippen LogP contribution in [0.4, 0.5) is 5.69 Å². The molecule has 1 aromatic carbocycles. The molecule has 6 heteroatoms. The van der Waals surface area contributed by atoms with E-state index in [-0.39, 0.29) is 0 Å². The van der Waals surface area contributed by atoms with Gasteiger partial charge in [0.1, 0.15) is 18.6 Å². The topological polar surface area (TPSA) is 84.9 Å². The van der Waals surface area contributed by atoms with E-state index in [1.54, 1.807) is 18.2 Å². The molecule has 2 aliphatic rings. The number of nitrogens with one attached hydrogen (secondary N) is 1. The van der Waals surface area contributed by atoms with Gasteiger partial charge in [-0.3, -0.25) is 9.59 Å². The zero-order valence-electron chi connectivity index (χ0n) is 10.1. The van der Waals surface area contributed by atoms with Crippen molar-refractivity contribution in [2.75, 3.05) is 18.5 Å². The van der Waals surface area contributed by atoms with Crippen LogP contribution in [0.2, 0.25) is 0 Å². The lowest BCUT2D eigenvalue weighted by molar-refractivity contribution is -0.147. The van der Waals surface area contributed by atoms with Crippen molar-refractivity contribution in [3.63, 3.8) is 0 Å². The maximum absolute atomic E-state index is 11.9. The van der Waals surface area contributed by atoms with Crippen LogP contribution in [0.15, 0.2) is 18.2 Å². The summed E-state index contributed by atoms with van der Waals surface area (Å²) in [5.74, 6) is -0.355. The summed E-state index contributed by atoms with van der Waals surface area (Å²) in [6.45, 7) is 0.963. The van der Waals surface area contributed by atoms with Crippen molar-refractivity contribution in [3.8, 4) is 11.5 Å². The SMILES string of the molecule is O=C(O)C1(C(=O)Nc2ccc3c(c2)OCCO3)CC1. The van der Waals surface area contributed by atoms with Crippen molar-refractivity contribution in [1.82, 2.24) is 0 Å². The molecule has 0 unspecified atom stereocenters. The highest BCUT2D eigenvalue weighted by atomic mass is 16.6. The molecule has 0 radical (unpaired) electrons. The predicted octanol–water partition coefficient (Wildman–Crippen LogP) is 1.26. The number of anilines is 1. The van der Waals surface area contributed by atoms with Crippen molar-refractivity contribution in [2.24, 2.45) is 5.41 Å². The van der Waals surface area contributed by atoms with Crippen molar-refractivity contribution < 1.29 is 24.2 Å². The van der Waals surface area contributed by atoms with Gasteiger partial charge in [0.15, 0.2) is 11.5 Å². The fourth-order valence-corrected chi connectivity index (χ4v) is 2.03. The molecule has 6 nitrogen and oxygen atoms in total. The molecule has 1 aliphatic heterocycles. The number of carbonyl (C=O) groups is 2. The second-order valence-corrected chi connectivity index (χ2v) is 4.70. The van der Waals surface area contributed by atoms with Crippen molar-refractivity contribution in [1.29, 1.82) is 0 Å². The molecule has 1 saturated carbocycles. The highest BCUT2D eigenvalue weighted by Crippen LogP contribution is 2.47. The van der Waals surface area contributed by atoms with Crippen LogP contribution in [0.25, 0.3) is 0 Å². The normalized spacial score (nSPS) is 18.5. The monoisotopic (exact) mass is 263 g/mol. The molecule has 0 bridgehead atoms. The van der Waals surface area contributed by atoms with Gasteiger partial charge in [0.2, 0.25) is 5.91 Å². The molecular formula is C13H13NO5. The molecule has 0 aromatic heterocycles. The van der Waals surface area contributed by atoms with Crippen LogP contribution in [-0.2, 0) is 9.59 Å². The smallest absolute Gasteiger partial charge is 0.319 e. The van der Waals surface area contributed by atoms with Gasteiger partial charge in [0, 0.05) is 11.8 Å². The van der Waals surface area contributed by atoms with Crippen molar-refractivity contribution in [3.05, 3.63) is 18.2 Å². The summed E-state index contributed by atoms with van der Waals surface area (Å²) in [5.41, 5.74) is -0.727. The second-order valence-electron chi connectivity index (χ2n) is 4.70. The number of hydrogen-bond acceptors (Lipinski definition) is 4. The van der Waals surface area contributed by atoms with Crippen LogP contribution < -0.4 is 14.8 Å². The summed E-state index contributed by atoms with van der Waals surface area (Å²) < 4.78 is 10.8. The lowest BCUT2D eigenvalue weighted by Gasteiger charge is -2.19. The first-order valence-electron chi connectivity index (χ1n) is 6.06. The van der Waals surface area contributed by atoms with E-state index in [1.165, 1.54) is 0 Å². The van der Waals surface area contributed by atoms with Gasteiger partial charge in [-0.15, -0.1) is 0 Å². The fraction of sp³-hybridized carbons (Fsp3) is 0.385. The molecule has 0 saturated heterocycles. The highest BCUT2D eigenvalue weighted by Gasteiger charge is 2.57. The average molecular weight is 263 g/mol. The summed E-state index contributed by atoms with van der Waals surface area (Å²) in [6, 6.07) is 5.01. The Balaban J connectivity index is 1.77. The van der Waals surface area contributed by atoms with Crippen LogP contribution in [0, 0.1) is 5.41 Å². The van der Waals surface area contributed by atoms with E-state index in [0.29, 0.717) is 43.2 Å². The maximum atomic E-state index is 11.9. The number of carboxylic acids is 1. The molecular weight excluding hydrogens is 250 g/mol. The van der Waals surface area contributed by atoms with E-state index in [1.807, 2.05) is 0 Å². The number of benzene rings is 1. The van der Waals surface area contributed by atoms with E-state index in [4.69, 9.17) is 14.6 Å². The van der Waals surface area contributed by atoms with Crippen LogP contribution in [0.5, 0.6) is 11.5 Å². The third-order valence-electron chi connectivity index (χ3n) is 3.39. The standard InChI is InChI=1S/C13H13NO5/c15-11(13(3-4-13)12(16)17)14-8-1-2-9-10(7-8)19-6-5-18-9/h1-2,7H,3-6H2,(H,14,15)(H,16,17). The zero-order valence-corrected chi connectivity index (χ0v) is 10.1. The average Bonchev–Trinajstić information content (AvgIpc) is 3.20. The van der Waals surface area contributed by atoms with Gasteiger partial charge < -0.3 is 19.9 Å². The van der Waals surface area contributed by atoms with Crippen LogP contribution in [0.3, 0.4) is 0 Å². The third kappa shape index (κ3) is 1.99. The summed E-state index contributed by atoms with van der Waals surface area (Å²) >= 11 is 0. The number of fused-ring (bicyclic) bond motifs is 1. The Morgan fingerprint density at radius 1 is 1.16 bits per heavy atom. The first kappa shape index (κ1) is 11.8. The Morgan fingerprint density at radius 2 is 1.84 bits per heavy atom. The van der Waals surface area contributed by atoms with Crippen LogP contribution in [-0.4, -0.2) is 30.2 Å². The second kappa shape index (κ2) is 4.15. The Kier molecular flexibility index (Phi) is 2.58. The van der Waals surface area contributed by atoms with E-state index in [9.17, 15) is 9.59 Å². The fourth-order valence-electron chi connectivity index (χ4n) is 2.03. The van der Waals surface area contributed by atoms with Crippen LogP contribution >= 0.6 is 0 Å². The highest BCUT2D eigenvalue weighted by molar-refractivity contribution is 6.10. The summed E-state index contributed by atoms with van der Waals surface area (Å²) in [4.78, 5) is 23.0. The number of carbonyl (C=O) groups excluding carboxylic acids is 1. The summed E-state index contributed by atoms with van der Waals surface area (Å²) in [7, 11) is 0. The van der Waals surface area contributed by atoms with Gasteiger partial charge in [-0.05, 0) is 25.0 Å². The molecule has 1 aliphatic carbocycles. The third-order valence-corrected chi connectivity index (χ3v) is 3.39. The maximum Gasteiger partial charge on any atom is 0.319 e. The molecule has 1 aromatic rings. The first-order chi connectivity index (χ1) is 9.12. The van der Waals surface area contributed by atoms with Crippen molar-refractivity contribution >= 4 is 17.6 Å². The number of amides is 1. The Hall–Kier alpha value is -2.24. The molecule has 3 rings (SSSR count). The molecule has 19 heavy (non-hydrogen) atoms. The van der Waals surface area contributed by atoms with E-state index < -0.39 is 17.3 Å². The quantitative estimate of drug-likeness (QED) is 0.802. The van der Waals surface area contributed by atoms with Gasteiger partial charge in [0.05, 0.1) is 0 Å². The van der Waals surface area contributed by atoms with Gasteiger partial charge in [0.25, 0.3) is 0 Å². The van der Waals surface area contributed by atoms with Gasteiger partial charge in [-0.1, -0.05) is 0 Å². The van der Waals surface area contributed by atoms with E-state index >= 15 is 0 Å². The van der Waals surface area contributed by atoms with E-state index in [0.717, 1.165) is 0 Å². The molecule has 1 heterocycles. The number of hydrogen-bond donors (Lipinski definition) is 2. The zero-order chi connectivity index (χ0) is 13.5.